The minimum atomic E-state index is 0.449. The van der Waals surface area contributed by atoms with Crippen LogP contribution in [0.1, 0.15) is 42.5 Å². The van der Waals surface area contributed by atoms with E-state index >= 15 is 0 Å². The summed E-state index contributed by atoms with van der Waals surface area (Å²) >= 11 is 0. The van der Waals surface area contributed by atoms with Crippen LogP contribution in [0.3, 0.4) is 0 Å². The molecule has 2 rings (SSSR count). The van der Waals surface area contributed by atoms with E-state index in [-0.39, 0.29) is 0 Å². The Bertz CT molecular complexity index is 400. The fourth-order valence-electron chi connectivity index (χ4n) is 2.84. The molecule has 0 amide bonds. The van der Waals surface area contributed by atoms with Gasteiger partial charge in [0.05, 0.1) is 0 Å². The third-order valence-corrected chi connectivity index (χ3v) is 4.39. The maximum absolute atomic E-state index is 3.47. The van der Waals surface area contributed by atoms with Gasteiger partial charge in [0.2, 0.25) is 0 Å². The lowest BCUT2D eigenvalue weighted by atomic mass is 10.0. The molecule has 0 aliphatic carbocycles. The molecule has 1 aliphatic heterocycles. The first kappa shape index (κ1) is 13.6. The van der Waals surface area contributed by atoms with Gasteiger partial charge in [0.25, 0.3) is 0 Å². The average Bonchev–Trinajstić information content (AvgIpc) is 2.75. The lowest BCUT2D eigenvalue weighted by molar-refractivity contribution is 0.241. The summed E-state index contributed by atoms with van der Waals surface area (Å²) in [5, 5.41) is 3.47. The van der Waals surface area contributed by atoms with E-state index in [4.69, 9.17) is 0 Å². The smallest absolute Gasteiger partial charge is 0.0447 e. The lowest BCUT2D eigenvalue weighted by Crippen LogP contribution is -2.35. The first-order chi connectivity index (χ1) is 8.61. The van der Waals surface area contributed by atoms with Gasteiger partial charge in [0.15, 0.2) is 0 Å². The van der Waals surface area contributed by atoms with Crippen LogP contribution < -0.4 is 5.32 Å². The second-order valence-electron chi connectivity index (χ2n) is 5.67. The van der Waals surface area contributed by atoms with Crippen molar-refractivity contribution in [2.45, 2.75) is 45.7 Å². The molecule has 0 radical (unpaired) electrons. The van der Waals surface area contributed by atoms with E-state index in [2.05, 4.69) is 56.2 Å². The lowest BCUT2D eigenvalue weighted by Gasteiger charge is -2.27. The highest BCUT2D eigenvalue weighted by Gasteiger charge is 2.23. The Morgan fingerprint density at radius 3 is 2.67 bits per heavy atom. The van der Waals surface area contributed by atoms with E-state index in [1.165, 1.54) is 36.1 Å². The van der Waals surface area contributed by atoms with Gasteiger partial charge in [0, 0.05) is 18.6 Å². The van der Waals surface area contributed by atoms with E-state index in [0.717, 1.165) is 12.6 Å². The zero-order valence-electron chi connectivity index (χ0n) is 12.2. The summed E-state index contributed by atoms with van der Waals surface area (Å²) in [5.41, 5.74) is 4.19. The Morgan fingerprint density at radius 2 is 2.11 bits per heavy atom. The summed E-state index contributed by atoms with van der Waals surface area (Å²) in [5.74, 6) is 0. The second-order valence-corrected chi connectivity index (χ2v) is 5.67. The van der Waals surface area contributed by atoms with Crippen molar-refractivity contribution in [3.05, 3.63) is 34.9 Å². The van der Waals surface area contributed by atoms with Gasteiger partial charge in [-0.3, -0.25) is 4.90 Å². The van der Waals surface area contributed by atoms with Crippen LogP contribution in [0.5, 0.6) is 0 Å². The number of hydrogen-bond acceptors (Lipinski definition) is 2. The number of likely N-dealkylation sites (tertiary alicyclic amines) is 1. The van der Waals surface area contributed by atoms with E-state index in [0.29, 0.717) is 6.04 Å². The first-order valence-corrected chi connectivity index (χ1v) is 7.10. The molecule has 1 aromatic rings. The maximum atomic E-state index is 3.47. The Labute approximate surface area is 111 Å². The Balaban J connectivity index is 2.10. The zero-order valence-corrected chi connectivity index (χ0v) is 12.2. The monoisotopic (exact) mass is 246 g/mol. The predicted molar refractivity (Wildman–Crippen MR) is 78.0 cm³/mol. The van der Waals surface area contributed by atoms with Crippen molar-refractivity contribution in [1.82, 2.24) is 10.2 Å². The quantitative estimate of drug-likeness (QED) is 0.878. The Morgan fingerprint density at radius 1 is 1.33 bits per heavy atom. The van der Waals surface area contributed by atoms with Crippen molar-refractivity contribution >= 4 is 0 Å². The minimum absolute atomic E-state index is 0.449. The summed E-state index contributed by atoms with van der Waals surface area (Å²) in [7, 11) is 2.07. The zero-order chi connectivity index (χ0) is 13.1. The van der Waals surface area contributed by atoms with E-state index in [1.54, 1.807) is 0 Å². The van der Waals surface area contributed by atoms with Crippen LogP contribution in [0.4, 0.5) is 0 Å². The summed E-state index contributed by atoms with van der Waals surface area (Å²) < 4.78 is 0. The van der Waals surface area contributed by atoms with Crippen molar-refractivity contribution in [3.8, 4) is 0 Å². The van der Waals surface area contributed by atoms with E-state index in [9.17, 15) is 0 Å². The van der Waals surface area contributed by atoms with Crippen molar-refractivity contribution in [2.75, 3.05) is 20.1 Å². The van der Waals surface area contributed by atoms with Crippen LogP contribution in [-0.4, -0.2) is 31.1 Å². The molecule has 100 valence electrons. The van der Waals surface area contributed by atoms with Crippen molar-refractivity contribution in [3.63, 3.8) is 0 Å². The summed E-state index contributed by atoms with van der Waals surface area (Å²) in [6.45, 7) is 9.10. The number of hydrogen-bond donors (Lipinski definition) is 1. The van der Waals surface area contributed by atoms with Crippen LogP contribution in [0, 0.1) is 13.8 Å². The Kier molecular flexibility index (Phi) is 4.41. The maximum Gasteiger partial charge on any atom is 0.0447 e. The molecule has 0 bridgehead atoms. The molecule has 0 saturated carbocycles. The van der Waals surface area contributed by atoms with Crippen LogP contribution in [0.25, 0.3) is 0 Å². The molecule has 1 heterocycles. The van der Waals surface area contributed by atoms with Crippen LogP contribution in [-0.2, 0) is 0 Å². The molecular formula is C16H26N2. The van der Waals surface area contributed by atoms with E-state index < -0.39 is 0 Å². The summed E-state index contributed by atoms with van der Waals surface area (Å²) in [6.07, 6.45) is 2.70. The molecule has 18 heavy (non-hydrogen) atoms. The molecule has 1 aliphatic rings. The number of rotatable bonds is 4. The average molecular weight is 246 g/mol. The summed E-state index contributed by atoms with van der Waals surface area (Å²) in [6, 6.07) is 8.03. The fourth-order valence-corrected chi connectivity index (χ4v) is 2.84. The highest BCUT2D eigenvalue weighted by atomic mass is 15.2. The van der Waals surface area contributed by atoms with Crippen molar-refractivity contribution in [1.29, 1.82) is 0 Å². The number of nitrogens with zero attached hydrogens (tertiary/aromatic N) is 1. The van der Waals surface area contributed by atoms with Gasteiger partial charge < -0.3 is 5.32 Å². The molecule has 0 spiro atoms. The summed E-state index contributed by atoms with van der Waals surface area (Å²) in [4.78, 5) is 2.61. The highest BCUT2D eigenvalue weighted by molar-refractivity contribution is 5.31. The molecule has 2 unspecified atom stereocenters. The second kappa shape index (κ2) is 5.85. The van der Waals surface area contributed by atoms with E-state index in [1.807, 2.05) is 0 Å². The van der Waals surface area contributed by atoms with Gasteiger partial charge in [-0.2, -0.15) is 0 Å². The standard InChI is InChI=1S/C16H26N2/c1-12-7-8-15(10-13(12)2)16(17-4)11-18-9-5-6-14(18)3/h7-8,10,14,16-17H,5-6,9,11H2,1-4H3. The van der Waals surface area contributed by atoms with Crippen LogP contribution >= 0.6 is 0 Å². The predicted octanol–water partition coefficient (Wildman–Crippen LogP) is 3.05. The minimum Gasteiger partial charge on any atom is -0.312 e. The molecule has 1 saturated heterocycles. The molecule has 2 heteroatoms. The molecule has 1 aromatic carbocycles. The van der Waals surface area contributed by atoms with Gasteiger partial charge in [-0.1, -0.05) is 18.2 Å². The van der Waals surface area contributed by atoms with Gasteiger partial charge in [-0.05, 0) is 63.9 Å². The largest absolute Gasteiger partial charge is 0.312 e. The number of benzene rings is 1. The number of aryl methyl sites for hydroxylation is 2. The third-order valence-electron chi connectivity index (χ3n) is 4.39. The highest BCUT2D eigenvalue weighted by Crippen LogP contribution is 2.22. The molecule has 0 aromatic heterocycles. The molecule has 2 nitrogen and oxygen atoms in total. The number of nitrogens with one attached hydrogen (secondary N) is 1. The molecule has 1 N–H and O–H groups in total. The fraction of sp³-hybridized carbons (Fsp3) is 0.625. The van der Waals surface area contributed by atoms with Gasteiger partial charge >= 0.3 is 0 Å². The molecule has 2 atom stereocenters. The van der Waals surface area contributed by atoms with Crippen LogP contribution in [0.2, 0.25) is 0 Å². The normalized spacial score (nSPS) is 22.3. The molecule has 1 fully saturated rings. The number of likely N-dealkylation sites (N-methyl/N-ethyl adjacent to an activating group) is 1. The van der Waals surface area contributed by atoms with Gasteiger partial charge in [-0.25, -0.2) is 0 Å². The van der Waals surface area contributed by atoms with Gasteiger partial charge in [0.1, 0.15) is 0 Å². The van der Waals surface area contributed by atoms with Gasteiger partial charge in [-0.15, -0.1) is 0 Å². The van der Waals surface area contributed by atoms with Crippen molar-refractivity contribution in [2.24, 2.45) is 0 Å². The third kappa shape index (κ3) is 2.93. The first-order valence-electron chi connectivity index (χ1n) is 7.10. The van der Waals surface area contributed by atoms with Crippen LogP contribution in [0.15, 0.2) is 18.2 Å². The Hall–Kier alpha value is -0.860. The SMILES string of the molecule is CNC(CN1CCCC1C)c1ccc(C)c(C)c1. The molecular weight excluding hydrogens is 220 g/mol. The van der Waals surface area contributed by atoms with Crippen molar-refractivity contribution < 1.29 is 0 Å². The topological polar surface area (TPSA) is 15.3 Å².